The van der Waals surface area contributed by atoms with Crippen molar-refractivity contribution < 1.29 is 9.59 Å². The molecule has 0 aliphatic carbocycles. The molecule has 2 aliphatic heterocycles. The molecule has 1 aromatic rings. The minimum Gasteiger partial charge on any atom is -0.373 e. The van der Waals surface area contributed by atoms with Crippen LogP contribution in [0.5, 0.6) is 0 Å². The normalized spacial score (nSPS) is 20.7. The fourth-order valence-corrected chi connectivity index (χ4v) is 3.68. The van der Waals surface area contributed by atoms with Gasteiger partial charge in [-0.15, -0.1) is 0 Å². The van der Waals surface area contributed by atoms with E-state index in [0.29, 0.717) is 13.0 Å². The highest BCUT2D eigenvalue weighted by Crippen LogP contribution is 2.40. The molecule has 116 valence electrons. The number of thiocarbonyl (C=S) groups is 1. The highest BCUT2D eigenvalue weighted by atomic mass is 32.1. The monoisotopic (exact) mass is 317 g/mol. The third kappa shape index (κ3) is 1.86. The summed E-state index contributed by atoms with van der Waals surface area (Å²) in [5, 5.41) is 0.262. The molecule has 6 heteroatoms. The number of hydrogen-bond acceptors (Lipinski definition) is 4. The van der Waals surface area contributed by atoms with E-state index in [-0.39, 0.29) is 16.9 Å². The lowest BCUT2D eigenvalue weighted by Crippen LogP contribution is -2.67. The van der Waals surface area contributed by atoms with Crippen LogP contribution < -0.4 is 4.90 Å². The maximum Gasteiger partial charge on any atom is 0.246 e. The Morgan fingerprint density at radius 2 is 1.68 bits per heavy atom. The Labute approximate surface area is 135 Å². The molecule has 1 aromatic carbocycles. The van der Waals surface area contributed by atoms with Crippen LogP contribution in [0.4, 0.5) is 5.69 Å². The maximum absolute atomic E-state index is 12.9. The van der Waals surface area contributed by atoms with Gasteiger partial charge in [0, 0.05) is 33.4 Å². The summed E-state index contributed by atoms with van der Waals surface area (Å²) >= 11 is 5.18. The van der Waals surface area contributed by atoms with Crippen molar-refractivity contribution in [3.05, 3.63) is 29.3 Å². The van der Waals surface area contributed by atoms with Gasteiger partial charge in [-0.2, -0.15) is 0 Å². The average molecular weight is 317 g/mol. The molecule has 22 heavy (non-hydrogen) atoms. The molecule has 0 saturated carbocycles. The van der Waals surface area contributed by atoms with E-state index in [1.807, 2.05) is 31.0 Å². The van der Waals surface area contributed by atoms with Gasteiger partial charge in [-0.25, -0.2) is 0 Å². The van der Waals surface area contributed by atoms with E-state index in [1.54, 1.807) is 14.1 Å². The van der Waals surface area contributed by atoms with Gasteiger partial charge in [0.15, 0.2) is 5.11 Å². The first kappa shape index (κ1) is 15.0. The van der Waals surface area contributed by atoms with Crippen molar-refractivity contribution in [3.8, 4) is 0 Å². The Morgan fingerprint density at radius 3 is 2.27 bits per heavy atom. The Morgan fingerprint density at radius 1 is 1.09 bits per heavy atom. The maximum atomic E-state index is 12.9. The number of carbonyl (C=O) groups excluding carboxylic acids is 2. The molecule has 3 rings (SSSR count). The standard InChI is InChI=1S/C16H19N3O2S/c1-10-5-6-12-11(7-10)8-16(9-17(12)2)13(20)18(3)15(22)19(4)14(16)21/h5-7H,8-9H2,1-4H3. The summed E-state index contributed by atoms with van der Waals surface area (Å²) in [5.74, 6) is -0.417. The van der Waals surface area contributed by atoms with Gasteiger partial charge in [-0.1, -0.05) is 17.7 Å². The van der Waals surface area contributed by atoms with Crippen LogP contribution in [0.1, 0.15) is 11.1 Å². The van der Waals surface area contributed by atoms with Gasteiger partial charge in [-0.3, -0.25) is 19.4 Å². The molecule has 1 spiro atoms. The van der Waals surface area contributed by atoms with E-state index in [9.17, 15) is 9.59 Å². The molecular formula is C16H19N3O2S. The van der Waals surface area contributed by atoms with E-state index in [0.717, 1.165) is 16.8 Å². The minimum atomic E-state index is -1.08. The van der Waals surface area contributed by atoms with Crippen LogP contribution in [0, 0.1) is 12.3 Å². The third-order valence-electron chi connectivity index (χ3n) is 4.65. The summed E-state index contributed by atoms with van der Waals surface area (Å²) < 4.78 is 0. The van der Waals surface area contributed by atoms with Crippen molar-refractivity contribution >= 4 is 34.8 Å². The average Bonchev–Trinajstić information content (AvgIpc) is 2.49. The van der Waals surface area contributed by atoms with Crippen molar-refractivity contribution in [1.82, 2.24) is 9.80 Å². The SMILES string of the molecule is Cc1ccc2c(c1)CC1(CN2C)C(=O)N(C)C(=S)N(C)C1=O. The molecule has 0 radical (unpaired) electrons. The number of nitrogens with zero attached hydrogens (tertiary/aromatic N) is 3. The molecule has 1 saturated heterocycles. The van der Waals surface area contributed by atoms with Crippen molar-refractivity contribution in [1.29, 1.82) is 0 Å². The largest absolute Gasteiger partial charge is 0.373 e. The molecule has 2 heterocycles. The van der Waals surface area contributed by atoms with Gasteiger partial charge in [0.1, 0.15) is 5.41 Å². The summed E-state index contributed by atoms with van der Waals surface area (Å²) in [4.78, 5) is 30.6. The second-order valence-electron chi connectivity index (χ2n) is 6.26. The zero-order valence-corrected chi connectivity index (χ0v) is 14.0. The van der Waals surface area contributed by atoms with Crippen LogP contribution in [0.15, 0.2) is 18.2 Å². The number of fused-ring (bicyclic) bond motifs is 1. The van der Waals surface area contributed by atoms with Crippen LogP contribution in [0.25, 0.3) is 0 Å². The number of rotatable bonds is 0. The highest BCUT2D eigenvalue weighted by Gasteiger charge is 2.56. The van der Waals surface area contributed by atoms with E-state index in [1.165, 1.54) is 9.80 Å². The minimum absolute atomic E-state index is 0.209. The highest BCUT2D eigenvalue weighted by molar-refractivity contribution is 7.80. The summed E-state index contributed by atoms with van der Waals surface area (Å²) in [5.41, 5.74) is 2.15. The first-order chi connectivity index (χ1) is 10.3. The van der Waals surface area contributed by atoms with Crippen LogP contribution >= 0.6 is 12.2 Å². The van der Waals surface area contributed by atoms with Gasteiger partial charge in [0.2, 0.25) is 11.8 Å². The van der Waals surface area contributed by atoms with Crippen molar-refractivity contribution in [3.63, 3.8) is 0 Å². The second-order valence-corrected chi connectivity index (χ2v) is 6.62. The first-order valence-corrected chi connectivity index (χ1v) is 7.60. The summed E-state index contributed by atoms with van der Waals surface area (Å²) in [7, 11) is 5.20. The smallest absolute Gasteiger partial charge is 0.246 e. The Bertz CT molecular complexity index is 677. The molecule has 0 N–H and O–H groups in total. The third-order valence-corrected chi connectivity index (χ3v) is 5.20. The Hall–Kier alpha value is -1.95. The van der Waals surface area contributed by atoms with Gasteiger partial charge in [0.05, 0.1) is 0 Å². The number of amides is 2. The summed E-state index contributed by atoms with van der Waals surface area (Å²) in [6, 6.07) is 6.15. The number of carbonyl (C=O) groups is 2. The summed E-state index contributed by atoms with van der Waals surface area (Å²) in [6.45, 7) is 2.39. The molecule has 2 aliphatic rings. The number of anilines is 1. The van der Waals surface area contributed by atoms with E-state index in [4.69, 9.17) is 12.2 Å². The van der Waals surface area contributed by atoms with Crippen LogP contribution in [0.3, 0.4) is 0 Å². The number of aryl methyl sites for hydroxylation is 1. The van der Waals surface area contributed by atoms with Crippen molar-refractivity contribution in [2.45, 2.75) is 13.3 Å². The quantitative estimate of drug-likeness (QED) is 0.532. The first-order valence-electron chi connectivity index (χ1n) is 7.19. The van der Waals surface area contributed by atoms with Crippen LogP contribution in [-0.2, 0) is 16.0 Å². The number of benzene rings is 1. The zero-order chi connectivity index (χ0) is 16.2. The van der Waals surface area contributed by atoms with Crippen LogP contribution in [-0.4, -0.2) is 54.4 Å². The fourth-order valence-electron chi connectivity index (χ4n) is 3.52. The molecule has 0 bridgehead atoms. The van der Waals surface area contributed by atoms with Crippen molar-refractivity contribution in [2.24, 2.45) is 5.41 Å². The van der Waals surface area contributed by atoms with Gasteiger partial charge >= 0.3 is 0 Å². The lowest BCUT2D eigenvalue weighted by molar-refractivity contribution is -0.154. The van der Waals surface area contributed by atoms with E-state index < -0.39 is 5.41 Å². The molecule has 2 amide bonds. The number of hydrogen-bond donors (Lipinski definition) is 0. The molecular weight excluding hydrogens is 298 g/mol. The predicted molar refractivity (Wildman–Crippen MR) is 88.7 cm³/mol. The predicted octanol–water partition coefficient (Wildman–Crippen LogP) is 1.19. The zero-order valence-electron chi connectivity index (χ0n) is 13.2. The Kier molecular flexibility index (Phi) is 3.25. The Balaban J connectivity index is 2.12. The second kappa shape index (κ2) is 4.78. The molecule has 0 unspecified atom stereocenters. The van der Waals surface area contributed by atoms with Gasteiger partial charge in [-0.05, 0) is 37.2 Å². The lowest BCUT2D eigenvalue weighted by Gasteiger charge is -2.47. The van der Waals surface area contributed by atoms with E-state index >= 15 is 0 Å². The molecule has 0 atom stereocenters. The molecule has 0 aromatic heterocycles. The van der Waals surface area contributed by atoms with Crippen LogP contribution in [0.2, 0.25) is 0 Å². The molecule has 1 fully saturated rings. The topological polar surface area (TPSA) is 43.9 Å². The molecule has 5 nitrogen and oxygen atoms in total. The fraction of sp³-hybridized carbons (Fsp3) is 0.438. The van der Waals surface area contributed by atoms with Gasteiger partial charge in [0.25, 0.3) is 0 Å². The van der Waals surface area contributed by atoms with Crippen molar-refractivity contribution in [2.75, 3.05) is 32.6 Å². The summed E-state index contributed by atoms with van der Waals surface area (Å²) in [6.07, 6.45) is 0.420. The van der Waals surface area contributed by atoms with E-state index in [2.05, 4.69) is 6.07 Å². The lowest BCUT2D eigenvalue weighted by atomic mass is 9.74. The van der Waals surface area contributed by atoms with Gasteiger partial charge < -0.3 is 4.90 Å².